The Morgan fingerprint density at radius 1 is 1.22 bits per heavy atom. The van der Waals surface area contributed by atoms with Gasteiger partial charge in [0.2, 0.25) is 5.91 Å². The molecule has 1 aliphatic heterocycles. The number of phenolic OH excluding ortho intramolecular Hbond substituents is 1. The van der Waals surface area contributed by atoms with Crippen molar-refractivity contribution in [1.82, 2.24) is 4.90 Å². The molecule has 2 fully saturated rings. The van der Waals surface area contributed by atoms with Crippen LogP contribution in [0.3, 0.4) is 0 Å². The lowest BCUT2D eigenvalue weighted by atomic mass is 9.89. The zero-order valence-corrected chi connectivity index (χ0v) is 13.9. The van der Waals surface area contributed by atoms with E-state index in [-0.39, 0.29) is 30.3 Å². The Morgan fingerprint density at radius 3 is 2.48 bits per heavy atom. The number of carbonyl (C=O) groups excluding carboxylic acids is 1. The van der Waals surface area contributed by atoms with Gasteiger partial charge >= 0.3 is 0 Å². The molecule has 0 spiro atoms. The highest BCUT2D eigenvalue weighted by Crippen LogP contribution is 2.32. The first kappa shape index (κ1) is 18.0. The Bertz CT molecular complexity index is 536. The molecule has 1 saturated carbocycles. The number of phenols is 1. The number of piperidine rings is 1. The summed E-state index contributed by atoms with van der Waals surface area (Å²) in [5.41, 5.74) is 6.95. The van der Waals surface area contributed by atoms with Crippen LogP contribution < -0.4 is 5.73 Å². The molecule has 0 bridgehead atoms. The molecule has 1 saturated heterocycles. The lowest BCUT2D eigenvalue weighted by Crippen LogP contribution is -2.41. The SMILES string of the molecule is Cl.N[C@H]1C[C@H](C(=O)N2CCC(c3cccc(O)c3)CC2)C[C@@H]1O. The second kappa shape index (κ2) is 7.51. The van der Waals surface area contributed by atoms with Gasteiger partial charge in [-0.15, -0.1) is 12.4 Å². The first-order chi connectivity index (χ1) is 10.5. The van der Waals surface area contributed by atoms with Crippen LogP contribution in [0.4, 0.5) is 0 Å². The van der Waals surface area contributed by atoms with Gasteiger partial charge in [0.15, 0.2) is 0 Å². The number of halogens is 1. The Labute approximate surface area is 142 Å². The Morgan fingerprint density at radius 2 is 1.91 bits per heavy atom. The molecular formula is C17H25ClN2O3. The van der Waals surface area contributed by atoms with Gasteiger partial charge in [0, 0.05) is 25.0 Å². The van der Waals surface area contributed by atoms with Gasteiger partial charge < -0.3 is 20.8 Å². The zero-order valence-electron chi connectivity index (χ0n) is 13.1. The fourth-order valence-electron chi connectivity index (χ4n) is 3.72. The van der Waals surface area contributed by atoms with E-state index in [1.54, 1.807) is 6.07 Å². The molecule has 1 amide bonds. The number of aliphatic hydroxyl groups excluding tert-OH is 1. The number of amides is 1. The van der Waals surface area contributed by atoms with Crippen LogP contribution in [-0.4, -0.2) is 46.3 Å². The molecular weight excluding hydrogens is 316 g/mol. The lowest BCUT2D eigenvalue weighted by Gasteiger charge is -2.33. The highest BCUT2D eigenvalue weighted by Gasteiger charge is 2.37. The number of carbonyl (C=O) groups is 1. The number of aliphatic hydroxyl groups is 1. The molecule has 3 rings (SSSR count). The van der Waals surface area contributed by atoms with Gasteiger partial charge in [-0.05, 0) is 49.3 Å². The maximum Gasteiger partial charge on any atom is 0.225 e. The van der Waals surface area contributed by atoms with Crippen molar-refractivity contribution in [2.75, 3.05) is 13.1 Å². The fourth-order valence-corrected chi connectivity index (χ4v) is 3.72. The van der Waals surface area contributed by atoms with Crippen LogP contribution in [0.25, 0.3) is 0 Å². The van der Waals surface area contributed by atoms with Crippen molar-refractivity contribution in [3.8, 4) is 5.75 Å². The van der Waals surface area contributed by atoms with E-state index in [4.69, 9.17) is 5.73 Å². The molecule has 1 aromatic rings. The molecule has 0 unspecified atom stereocenters. The van der Waals surface area contributed by atoms with E-state index in [2.05, 4.69) is 0 Å². The molecule has 23 heavy (non-hydrogen) atoms. The predicted molar refractivity (Wildman–Crippen MR) is 90.6 cm³/mol. The van der Waals surface area contributed by atoms with Gasteiger partial charge in [-0.1, -0.05) is 12.1 Å². The van der Waals surface area contributed by atoms with E-state index < -0.39 is 6.10 Å². The summed E-state index contributed by atoms with van der Waals surface area (Å²) in [5.74, 6) is 0.709. The van der Waals surface area contributed by atoms with Crippen LogP contribution in [0.15, 0.2) is 24.3 Å². The fraction of sp³-hybridized carbons (Fsp3) is 0.588. The molecule has 0 aromatic heterocycles. The maximum absolute atomic E-state index is 12.5. The molecule has 2 aliphatic rings. The van der Waals surface area contributed by atoms with Gasteiger partial charge in [0.1, 0.15) is 5.75 Å². The molecule has 1 heterocycles. The number of nitrogens with zero attached hydrogens (tertiary/aromatic N) is 1. The van der Waals surface area contributed by atoms with Crippen molar-refractivity contribution in [1.29, 1.82) is 0 Å². The van der Waals surface area contributed by atoms with E-state index >= 15 is 0 Å². The molecule has 1 aromatic carbocycles. The van der Waals surface area contributed by atoms with Crippen LogP contribution in [0, 0.1) is 5.92 Å². The smallest absolute Gasteiger partial charge is 0.225 e. The maximum atomic E-state index is 12.5. The topological polar surface area (TPSA) is 86.8 Å². The average molecular weight is 341 g/mol. The summed E-state index contributed by atoms with van der Waals surface area (Å²) in [4.78, 5) is 14.4. The van der Waals surface area contributed by atoms with Crippen LogP contribution in [0.1, 0.15) is 37.2 Å². The largest absolute Gasteiger partial charge is 0.508 e. The molecule has 3 atom stereocenters. The summed E-state index contributed by atoms with van der Waals surface area (Å²) >= 11 is 0. The Kier molecular flexibility index (Phi) is 5.89. The van der Waals surface area contributed by atoms with E-state index in [0.29, 0.717) is 24.5 Å². The van der Waals surface area contributed by atoms with Gasteiger partial charge in [-0.25, -0.2) is 0 Å². The van der Waals surface area contributed by atoms with Gasteiger partial charge in [-0.3, -0.25) is 4.79 Å². The Balaban J connectivity index is 0.00000192. The van der Waals surface area contributed by atoms with Crippen molar-refractivity contribution in [2.24, 2.45) is 11.7 Å². The number of hydrogen-bond donors (Lipinski definition) is 3. The van der Waals surface area contributed by atoms with E-state index in [1.165, 1.54) is 0 Å². The number of hydrogen-bond acceptors (Lipinski definition) is 4. The van der Waals surface area contributed by atoms with E-state index in [0.717, 1.165) is 31.5 Å². The minimum Gasteiger partial charge on any atom is -0.508 e. The lowest BCUT2D eigenvalue weighted by molar-refractivity contribution is -0.136. The third-order valence-electron chi connectivity index (χ3n) is 5.07. The second-order valence-electron chi connectivity index (χ2n) is 6.59. The molecule has 0 radical (unpaired) electrons. The highest BCUT2D eigenvalue weighted by atomic mass is 35.5. The number of rotatable bonds is 2. The number of benzene rings is 1. The summed E-state index contributed by atoms with van der Waals surface area (Å²) in [6.45, 7) is 1.47. The standard InChI is InChI=1S/C17H24N2O3.ClH/c18-15-9-13(10-16(15)21)17(22)19-6-4-11(5-7-19)12-2-1-3-14(20)8-12;/h1-3,8,11,13,15-16,20-21H,4-7,9-10,18H2;1H/t13-,15-,16-;/m0./s1. The summed E-state index contributed by atoms with van der Waals surface area (Å²) in [6.07, 6.45) is 2.37. The van der Waals surface area contributed by atoms with Gasteiger partial charge in [-0.2, -0.15) is 0 Å². The third-order valence-corrected chi connectivity index (χ3v) is 5.07. The summed E-state index contributed by atoms with van der Waals surface area (Å²) < 4.78 is 0. The molecule has 4 N–H and O–H groups in total. The molecule has 5 nitrogen and oxygen atoms in total. The van der Waals surface area contributed by atoms with Gasteiger partial charge in [0.05, 0.1) is 6.10 Å². The molecule has 1 aliphatic carbocycles. The molecule has 128 valence electrons. The first-order valence-corrected chi connectivity index (χ1v) is 8.06. The minimum absolute atomic E-state index is 0. The second-order valence-corrected chi connectivity index (χ2v) is 6.59. The number of likely N-dealkylation sites (tertiary alicyclic amines) is 1. The van der Waals surface area contributed by atoms with Crippen molar-refractivity contribution in [3.05, 3.63) is 29.8 Å². The van der Waals surface area contributed by atoms with Crippen molar-refractivity contribution in [2.45, 2.75) is 43.7 Å². The van der Waals surface area contributed by atoms with E-state index in [1.807, 2.05) is 23.1 Å². The van der Waals surface area contributed by atoms with Gasteiger partial charge in [0.25, 0.3) is 0 Å². The minimum atomic E-state index is -0.543. The number of nitrogens with two attached hydrogens (primary N) is 1. The Hall–Kier alpha value is -1.30. The predicted octanol–water partition coefficient (Wildman–Crippen LogP) is 1.62. The van der Waals surface area contributed by atoms with Crippen LogP contribution in [-0.2, 0) is 4.79 Å². The zero-order chi connectivity index (χ0) is 15.7. The third kappa shape index (κ3) is 3.97. The summed E-state index contributed by atoms with van der Waals surface area (Å²) in [6, 6.07) is 7.13. The summed E-state index contributed by atoms with van der Waals surface area (Å²) in [5, 5.41) is 19.3. The van der Waals surface area contributed by atoms with E-state index in [9.17, 15) is 15.0 Å². The van der Waals surface area contributed by atoms with Crippen LogP contribution in [0.5, 0.6) is 5.75 Å². The van der Waals surface area contributed by atoms with Crippen molar-refractivity contribution >= 4 is 18.3 Å². The molecule has 6 heteroatoms. The monoisotopic (exact) mass is 340 g/mol. The van der Waals surface area contributed by atoms with Crippen LogP contribution >= 0.6 is 12.4 Å². The first-order valence-electron chi connectivity index (χ1n) is 8.06. The quantitative estimate of drug-likeness (QED) is 0.763. The van der Waals surface area contributed by atoms with Crippen molar-refractivity contribution < 1.29 is 15.0 Å². The normalized spacial score (nSPS) is 28.4. The number of aromatic hydroxyl groups is 1. The van der Waals surface area contributed by atoms with Crippen molar-refractivity contribution in [3.63, 3.8) is 0 Å². The highest BCUT2D eigenvalue weighted by molar-refractivity contribution is 5.85. The van der Waals surface area contributed by atoms with Crippen LogP contribution in [0.2, 0.25) is 0 Å². The average Bonchev–Trinajstić information content (AvgIpc) is 2.86. The summed E-state index contributed by atoms with van der Waals surface area (Å²) in [7, 11) is 0.